The Kier molecular flexibility index (Phi) is 2.36. The summed E-state index contributed by atoms with van der Waals surface area (Å²) in [7, 11) is 0. The van der Waals surface area contributed by atoms with Gasteiger partial charge in [0.15, 0.2) is 0 Å². The first-order chi connectivity index (χ1) is 6.68. The summed E-state index contributed by atoms with van der Waals surface area (Å²) < 4.78 is 0. The van der Waals surface area contributed by atoms with Gasteiger partial charge in [0.2, 0.25) is 0 Å². The standard InChI is InChI=1S/C12H17NO/c1-8(2)12-11(14)7-9-5-3-4-6-10(9)13-12/h3,5,7-8,10,13-14H,4,6H2,1-2H3. The van der Waals surface area contributed by atoms with Crippen LogP contribution in [0.15, 0.2) is 35.3 Å². The highest BCUT2D eigenvalue weighted by Crippen LogP contribution is 2.26. The summed E-state index contributed by atoms with van der Waals surface area (Å²) in [5.74, 6) is 0.761. The van der Waals surface area contributed by atoms with Gasteiger partial charge in [-0.1, -0.05) is 26.0 Å². The second kappa shape index (κ2) is 3.52. The largest absolute Gasteiger partial charge is 0.506 e. The number of aliphatic hydroxyl groups is 1. The molecular weight excluding hydrogens is 174 g/mol. The van der Waals surface area contributed by atoms with Crippen LogP contribution in [0.5, 0.6) is 0 Å². The highest BCUT2D eigenvalue weighted by Gasteiger charge is 2.23. The number of fused-ring (bicyclic) bond motifs is 1. The average Bonchev–Trinajstić information content (AvgIpc) is 2.16. The molecule has 2 N–H and O–H groups in total. The minimum absolute atomic E-state index is 0.360. The first-order valence-electron chi connectivity index (χ1n) is 5.26. The molecule has 14 heavy (non-hydrogen) atoms. The van der Waals surface area contributed by atoms with Gasteiger partial charge >= 0.3 is 0 Å². The molecule has 1 aliphatic carbocycles. The third-order valence-corrected chi connectivity index (χ3v) is 2.82. The van der Waals surface area contributed by atoms with E-state index in [1.165, 1.54) is 5.57 Å². The van der Waals surface area contributed by atoms with Gasteiger partial charge in [-0.2, -0.15) is 0 Å². The topological polar surface area (TPSA) is 32.3 Å². The van der Waals surface area contributed by atoms with Crippen molar-refractivity contribution in [2.24, 2.45) is 5.92 Å². The minimum atomic E-state index is 0.360. The molecule has 1 unspecified atom stereocenters. The molecule has 0 aromatic rings. The Morgan fingerprint density at radius 1 is 1.50 bits per heavy atom. The van der Waals surface area contributed by atoms with Crippen LogP contribution in [-0.4, -0.2) is 11.1 Å². The number of allylic oxidation sites excluding steroid dienone is 3. The SMILES string of the molecule is CC(C)C1=C(O)C=C2C=CCCC2N1. The normalized spacial score (nSPS) is 25.9. The molecule has 2 rings (SSSR count). The molecule has 0 bridgehead atoms. The molecule has 0 saturated carbocycles. The van der Waals surface area contributed by atoms with Crippen LogP contribution >= 0.6 is 0 Å². The number of hydrogen-bond donors (Lipinski definition) is 2. The van der Waals surface area contributed by atoms with Crippen LogP contribution in [0.1, 0.15) is 26.7 Å². The quantitative estimate of drug-likeness (QED) is 0.668. The van der Waals surface area contributed by atoms with E-state index in [1.54, 1.807) is 0 Å². The Bertz CT molecular complexity index is 323. The van der Waals surface area contributed by atoms with Crippen LogP contribution in [0.25, 0.3) is 0 Å². The molecule has 1 heterocycles. The van der Waals surface area contributed by atoms with Crippen molar-refractivity contribution in [1.82, 2.24) is 5.32 Å². The van der Waals surface area contributed by atoms with Crippen LogP contribution in [0.3, 0.4) is 0 Å². The number of dihydropyridines is 1. The van der Waals surface area contributed by atoms with Crippen molar-refractivity contribution >= 4 is 0 Å². The molecule has 2 nitrogen and oxygen atoms in total. The third kappa shape index (κ3) is 1.57. The summed E-state index contributed by atoms with van der Waals surface area (Å²) >= 11 is 0. The van der Waals surface area contributed by atoms with E-state index >= 15 is 0 Å². The Balaban J connectivity index is 2.31. The summed E-state index contributed by atoms with van der Waals surface area (Å²) in [6.07, 6.45) is 8.42. The van der Waals surface area contributed by atoms with Crippen LogP contribution in [0, 0.1) is 5.92 Å². The van der Waals surface area contributed by atoms with Gasteiger partial charge in [0, 0.05) is 0 Å². The molecule has 0 spiro atoms. The van der Waals surface area contributed by atoms with E-state index in [4.69, 9.17) is 0 Å². The molecule has 0 saturated heterocycles. The van der Waals surface area contributed by atoms with E-state index < -0.39 is 0 Å². The lowest BCUT2D eigenvalue weighted by Gasteiger charge is -2.30. The lowest BCUT2D eigenvalue weighted by atomic mass is 9.91. The molecular formula is C12H17NO. The van der Waals surface area contributed by atoms with Crippen molar-refractivity contribution in [3.63, 3.8) is 0 Å². The zero-order valence-corrected chi connectivity index (χ0v) is 8.75. The summed E-state index contributed by atoms with van der Waals surface area (Å²) in [4.78, 5) is 0. The van der Waals surface area contributed by atoms with Gasteiger partial charge in [0.25, 0.3) is 0 Å². The van der Waals surface area contributed by atoms with Crippen LogP contribution in [0.4, 0.5) is 0 Å². The fourth-order valence-corrected chi connectivity index (χ4v) is 2.03. The van der Waals surface area contributed by atoms with Crippen molar-refractivity contribution in [3.05, 3.63) is 35.3 Å². The Hall–Kier alpha value is -1.18. The number of hydrogen-bond acceptors (Lipinski definition) is 2. The van der Waals surface area contributed by atoms with E-state index in [0.717, 1.165) is 18.5 Å². The van der Waals surface area contributed by atoms with Crippen LogP contribution in [-0.2, 0) is 0 Å². The second-order valence-corrected chi connectivity index (χ2v) is 4.27. The van der Waals surface area contributed by atoms with Gasteiger partial charge in [0.05, 0.1) is 11.7 Å². The first kappa shape index (κ1) is 9.38. The smallest absolute Gasteiger partial charge is 0.135 e. The maximum absolute atomic E-state index is 9.79. The van der Waals surface area contributed by atoms with E-state index in [9.17, 15) is 5.11 Å². The van der Waals surface area contributed by atoms with Gasteiger partial charge in [-0.3, -0.25) is 0 Å². The van der Waals surface area contributed by atoms with Crippen molar-refractivity contribution in [2.75, 3.05) is 0 Å². The van der Waals surface area contributed by atoms with Gasteiger partial charge in [-0.15, -0.1) is 0 Å². The Labute approximate surface area is 85.0 Å². The van der Waals surface area contributed by atoms with E-state index in [-0.39, 0.29) is 0 Å². The predicted octanol–water partition coefficient (Wildman–Crippen LogP) is 2.66. The fraction of sp³-hybridized carbons (Fsp3) is 0.500. The zero-order chi connectivity index (χ0) is 10.1. The van der Waals surface area contributed by atoms with Crippen molar-refractivity contribution < 1.29 is 5.11 Å². The molecule has 2 aliphatic rings. The van der Waals surface area contributed by atoms with Crippen molar-refractivity contribution in [3.8, 4) is 0 Å². The summed E-state index contributed by atoms with van der Waals surface area (Å²) in [5.41, 5.74) is 2.19. The summed E-state index contributed by atoms with van der Waals surface area (Å²) in [6, 6.07) is 0.410. The van der Waals surface area contributed by atoms with Crippen molar-refractivity contribution in [2.45, 2.75) is 32.7 Å². The molecule has 1 aliphatic heterocycles. The molecule has 0 fully saturated rings. The highest BCUT2D eigenvalue weighted by atomic mass is 16.3. The zero-order valence-electron chi connectivity index (χ0n) is 8.75. The molecule has 0 radical (unpaired) electrons. The average molecular weight is 191 g/mol. The van der Waals surface area contributed by atoms with Gasteiger partial charge in [-0.05, 0) is 30.4 Å². The monoisotopic (exact) mass is 191 g/mol. The molecule has 2 heteroatoms. The van der Waals surface area contributed by atoms with E-state index in [0.29, 0.717) is 17.7 Å². The van der Waals surface area contributed by atoms with Gasteiger partial charge in [0.1, 0.15) is 5.76 Å². The fourth-order valence-electron chi connectivity index (χ4n) is 2.03. The van der Waals surface area contributed by atoms with Crippen molar-refractivity contribution in [1.29, 1.82) is 0 Å². The summed E-state index contributed by atoms with van der Waals surface area (Å²) in [6.45, 7) is 4.19. The highest BCUT2D eigenvalue weighted by molar-refractivity contribution is 5.39. The minimum Gasteiger partial charge on any atom is -0.506 e. The van der Waals surface area contributed by atoms with E-state index in [1.807, 2.05) is 6.08 Å². The lowest BCUT2D eigenvalue weighted by Crippen LogP contribution is -2.36. The maximum Gasteiger partial charge on any atom is 0.135 e. The number of rotatable bonds is 1. The summed E-state index contributed by atoms with van der Waals surface area (Å²) in [5, 5.41) is 13.2. The molecule has 0 aromatic heterocycles. The van der Waals surface area contributed by atoms with Gasteiger partial charge < -0.3 is 10.4 Å². The van der Waals surface area contributed by atoms with Gasteiger partial charge in [-0.25, -0.2) is 0 Å². The van der Waals surface area contributed by atoms with E-state index in [2.05, 4.69) is 31.3 Å². The predicted molar refractivity (Wildman–Crippen MR) is 57.9 cm³/mol. The Morgan fingerprint density at radius 2 is 2.29 bits per heavy atom. The molecule has 76 valence electrons. The number of aliphatic hydroxyl groups excluding tert-OH is 1. The van der Waals surface area contributed by atoms with Crippen LogP contribution in [0.2, 0.25) is 0 Å². The molecule has 0 aromatic carbocycles. The Morgan fingerprint density at radius 3 is 3.00 bits per heavy atom. The lowest BCUT2D eigenvalue weighted by molar-refractivity contribution is 0.388. The molecule has 1 atom stereocenters. The first-order valence-corrected chi connectivity index (χ1v) is 5.26. The number of nitrogens with one attached hydrogen (secondary N) is 1. The van der Waals surface area contributed by atoms with Crippen LogP contribution < -0.4 is 5.32 Å². The maximum atomic E-state index is 9.79. The third-order valence-electron chi connectivity index (χ3n) is 2.82. The second-order valence-electron chi connectivity index (χ2n) is 4.27. The molecule has 0 amide bonds.